The van der Waals surface area contributed by atoms with Crippen molar-refractivity contribution in [2.75, 3.05) is 39.9 Å². The fourth-order valence-electron chi connectivity index (χ4n) is 2.37. The predicted octanol–water partition coefficient (Wildman–Crippen LogP) is 1.78. The summed E-state index contributed by atoms with van der Waals surface area (Å²) in [7, 11) is 1.74. The van der Waals surface area contributed by atoms with Gasteiger partial charge in [0.05, 0.1) is 6.61 Å². The van der Waals surface area contributed by atoms with E-state index in [0.717, 1.165) is 32.2 Å². The Labute approximate surface area is 100 Å². The summed E-state index contributed by atoms with van der Waals surface area (Å²) >= 11 is 0. The van der Waals surface area contributed by atoms with E-state index in [-0.39, 0.29) is 0 Å². The van der Waals surface area contributed by atoms with Crippen LogP contribution in [0.3, 0.4) is 0 Å². The third-order valence-corrected chi connectivity index (χ3v) is 3.39. The van der Waals surface area contributed by atoms with Gasteiger partial charge in [0.15, 0.2) is 0 Å². The first kappa shape index (κ1) is 13.9. The molecule has 0 saturated heterocycles. The van der Waals surface area contributed by atoms with E-state index in [0.29, 0.717) is 0 Å². The number of hydrogen-bond donors (Lipinski definition) is 2. The third-order valence-electron chi connectivity index (χ3n) is 3.39. The van der Waals surface area contributed by atoms with Crippen molar-refractivity contribution >= 4 is 0 Å². The Balaban J connectivity index is 1.71. The fraction of sp³-hybridized carbons (Fsp3) is 1.00. The lowest BCUT2D eigenvalue weighted by atomic mass is 10.0. The lowest BCUT2D eigenvalue weighted by Crippen LogP contribution is -2.25. The van der Waals surface area contributed by atoms with E-state index in [1.54, 1.807) is 7.11 Å². The first-order valence-corrected chi connectivity index (χ1v) is 6.84. The second-order valence-electron chi connectivity index (χ2n) is 4.79. The molecule has 0 aliphatic heterocycles. The van der Waals surface area contributed by atoms with Crippen LogP contribution in [0.1, 0.15) is 38.5 Å². The Morgan fingerprint density at radius 1 is 1.00 bits per heavy atom. The molecule has 0 unspecified atom stereocenters. The Bertz CT molecular complexity index is 147. The van der Waals surface area contributed by atoms with E-state index >= 15 is 0 Å². The quantitative estimate of drug-likeness (QED) is 0.559. The van der Waals surface area contributed by atoms with Crippen molar-refractivity contribution in [1.82, 2.24) is 10.6 Å². The van der Waals surface area contributed by atoms with Crippen LogP contribution in [0, 0.1) is 5.92 Å². The van der Waals surface area contributed by atoms with Gasteiger partial charge in [-0.1, -0.05) is 25.7 Å². The SMILES string of the molecule is COCCNCCCNCCC1CCCC1. The first-order chi connectivity index (χ1) is 7.93. The van der Waals surface area contributed by atoms with E-state index in [4.69, 9.17) is 4.74 Å². The van der Waals surface area contributed by atoms with E-state index in [9.17, 15) is 0 Å². The van der Waals surface area contributed by atoms with Crippen LogP contribution in [0.15, 0.2) is 0 Å². The maximum absolute atomic E-state index is 4.97. The molecule has 1 fully saturated rings. The van der Waals surface area contributed by atoms with Crippen LogP contribution < -0.4 is 10.6 Å². The smallest absolute Gasteiger partial charge is 0.0587 e. The number of methoxy groups -OCH3 is 1. The van der Waals surface area contributed by atoms with Crippen molar-refractivity contribution in [2.24, 2.45) is 5.92 Å². The number of hydrogen-bond acceptors (Lipinski definition) is 3. The van der Waals surface area contributed by atoms with Gasteiger partial charge in [0.25, 0.3) is 0 Å². The van der Waals surface area contributed by atoms with Crippen molar-refractivity contribution in [2.45, 2.75) is 38.5 Å². The maximum atomic E-state index is 4.97. The Kier molecular flexibility index (Phi) is 8.77. The molecule has 0 heterocycles. The van der Waals surface area contributed by atoms with Crippen LogP contribution in [-0.4, -0.2) is 39.9 Å². The van der Waals surface area contributed by atoms with Gasteiger partial charge in [0.2, 0.25) is 0 Å². The van der Waals surface area contributed by atoms with Crippen LogP contribution in [0.4, 0.5) is 0 Å². The zero-order valence-electron chi connectivity index (χ0n) is 10.8. The molecular formula is C13H28N2O. The van der Waals surface area contributed by atoms with Crippen molar-refractivity contribution in [1.29, 1.82) is 0 Å². The molecule has 3 nitrogen and oxygen atoms in total. The van der Waals surface area contributed by atoms with Gasteiger partial charge < -0.3 is 15.4 Å². The van der Waals surface area contributed by atoms with Gasteiger partial charge in [-0.15, -0.1) is 0 Å². The molecule has 1 saturated carbocycles. The second kappa shape index (κ2) is 10.1. The number of rotatable bonds is 10. The molecule has 0 aromatic carbocycles. The third kappa shape index (κ3) is 7.20. The molecule has 3 heteroatoms. The van der Waals surface area contributed by atoms with Crippen molar-refractivity contribution in [3.05, 3.63) is 0 Å². The standard InChI is InChI=1S/C13H28N2O/c1-16-12-11-15-9-4-8-14-10-7-13-5-2-3-6-13/h13-15H,2-12H2,1H3. The van der Waals surface area contributed by atoms with Crippen LogP contribution in [0.5, 0.6) is 0 Å². The average Bonchev–Trinajstić information content (AvgIpc) is 2.80. The molecule has 1 rings (SSSR count). The van der Waals surface area contributed by atoms with Crippen molar-refractivity contribution in [3.63, 3.8) is 0 Å². The molecule has 16 heavy (non-hydrogen) atoms. The lowest BCUT2D eigenvalue weighted by Gasteiger charge is -2.09. The predicted molar refractivity (Wildman–Crippen MR) is 68.8 cm³/mol. The van der Waals surface area contributed by atoms with E-state index in [1.807, 2.05) is 0 Å². The number of nitrogens with one attached hydrogen (secondary N) is 2. The van der Waals surface area contributed by atoms with Gasteiger partial charge in [-0.25, -0.2) is 0 Å². The van der Waals surface area contributed by atoms with Crippen LogP contribution in [0.2, 0.25) is 0 Å². The summed E-state index contributed by atoms with van der Waals surface area (Å²) in [5.41, 5.74) is 0. The minimum Gasteiger partial charge on any atom is -0.383 e. The largest absolute Gasteiger partial charge is 0.383 e. The monoisotopic (exact) mass is 228 g/mol. The highest BCUT2D eigenvalue weighted by atomic mass is 16.5. The summed E-state index contributed by atoms with van der Waals surface area (Å²) in [5.74, 6) is 1.02. The molecule has 0 atom stereocenters. The summed E-state index contributed by atoms with van der Waals surface area (Å²) < 4.78 is 4.97. The van der Waals surface area contributed by atoms with Crippen molar-refractivity contribution < 1.29 is 4.74 Å². The molecule has 0 amide bonds. The second-order valence-corrected chi connectivity index (χ2v) is 4.79. The fourth-order valence-corrected chi connectivity index (χ4v) is 2.37. The molecule has 0 aromatic heterocycles. The lowest BCUT2D eigenvalue weighted by molar-refractivity contribution is 0.199. The first-order valence-electron chi connectivity index (χ1n) is 6.84. The molecule has 0 spiro atoms. The van der Waals surface area contributed by atoms with Crippen molar-refractivity contribution in [3.8, 4) is 0 Å². The minimum absolute atomic E-state index is 0.815. The van der Waals surface area contributed by atoms with E-state index in [2.05, 4.69) is 10.6 Å². The van der Waals surface area contributed by atoms with E-state index in [1.165, 1.54) is 45.1 Å². The zero-order chi connectivity index (χ0) is 11.5. The summed E-state index contributed by atoms with van der Waals surface area (Å²) in [6, 6.07) is 0. The molecule has 96 valence electrons. The highest BCUT2D eigenvalue weighted by Crippen LogP contribution is 2.26. The Hall–Kier alpha value is -0.120. The van der Waals surface area contributed by atoms with Gasteiger partial charge in [-0.2, -0.15) is 0 Å². The van der Waals surface area contributed by atoms with Crippen LogP contribution in [0.25, 0.3) is 0 Å². The maximum Gasteiger partial charge on any atom is 0.0587 e. The van der Waals surface area contributed by atoms with Crippen LogP contribution >= 0.6 is 0 Å². The molecule has 2 N–H and O–H groups in total. The van der Waals surface area contributed by atoms with Crippen LogP contribution in [-0.2, 0) is 4.74 Å². The summed E-state index contributed by atoms with van der Waals surface area (Å²) in [5, 5.41) is 6.89. The minimum atomic E-state index is 0.815. The highest BCUT2D eigenvalue weighted by molar-refractivity contribution is 4.68. The van der Waals surface area contributed by atoms with Gasteiger partial charge in [-0.05, 0) is 38.4 Å². The molecule has 0 bridgehead atoms. The van der Waals surface area contributed by atoms with E-state index < -0.39 is 0 Å². The Morgan fingerprint density at radius 3 is 2.38 bits per heavy atom. The van der Waals surface area contributed by atoms with Gasteiger partial charge >= 0.3 is 0 Å². The molecule has 1 aliphatic rings. The highest BCUT2D eigenvalue weighted by Gasteiger charge is 2.13. The van der Waals surface area contributed by atoms with Gasteiger partial charge in [0, 0.05) is 13.7 Å². The topological polar surface area (TPSA) is 33.3 Å². The normalized spacial score (nSPS) is 17.1. The average molecular weight is 228 g/mol. The zero-order valence-corrected chi connectivity index (χ0v) is 10.8. The number of ether oxygens (including phenoxy) is 1. The molecule has 0 radical (unpaired) electrons. The summed E-state index contributed by atoms with van der Waals surface area (Å²) in [6.45, 7) is 5.24. The summed E-state index contributed by atoms with van der Waals surface area (Å²) in [4.78, 5) is 0. The van der Waals surface area contributed by atoms with Gasteiger partial charge in [0.1, 0.15) is 0 Å². The summed E-state index contributed by atoms with van der Waals surface area (Å²) in [6.07, 6.45) is 8.48. The van der Waals surface area contributed by atoms with Gasteiger partial charge in [-0.3, -0.25) is 0 Å². The molecule has 0 aromatic rings. The molecular weight excluding hydrogens is 200 g/mol. The molecule has 1 aliphatic carbocycles. The Morgan fingerprint density at radius 2 is 1.69 bits per heavy atom.